The minimum Gasteiger partial charge on any atom is -0.361 e. The number of anilines is 1. The maximum absolute atomic E-state index is 9.67. The second-order valence-corrected chi connectivity index (χ2v) is 18.1. The van der Waals surface area contributed by atoms with Crippen LogP contribution < -0.4 is 4.90 Å². The molecule has 0 radical (unpaired) electrons. The summed E-state index contributed by atoms with van der Waals surface area (Å²) in [6, 6.07) is 9.54. The highest BCUT2D eigenvalue weighted by Crippen LogP contribution is 2.35. The second kappa shape index (κ2) is 12.0. The molecular weight excluding hydrogens is 633 g/mol. The van der Waals surface area contributed by atoms with Gasteiger partial charge in [0.15, 0.2) is 0 Å². The molecule has 1 saturated heterocycles. The van der Waals surface area contributed by atoms with Crippen molar-refractivity contribution in [3.8, 4) is 23.4 Å². The molecule has 0 saturated carbocycles. The lowest BCUT2D eigenvalue weighted by Crippen LogP contribution is -2.26. The van der Waals surface area contributed by atoms with Crippen LogP contribution >= 0.6 is 22.6 Å². The molecule has 0 N–H and O–H groups in total. The van der Waals surface area contributed by atoms with Crippen LogP contribution in [0.1, 0.15) is 24.4 Å². The molecule has 1 unspecified atom stereocenters. The van der Waals surface area contributed by atoms with Crippen molar-refractivity contribution in [3.05, 3.63) is 52.4 Å². The number of pyridine rings is 1. The second-order valence-electron chi connectivity index (χ2n) is 11.3. The molecule has 0 aromatic carbocycles. The quantitative estimate of drug-likeness (QED) is 0.124. The van der Waals surface area contributed by atoms with Crippen LogP contribution in [0.4, 0.5) is 5.82 Å². The Morgan fingerprint density at radius 3 is 2.83 bits per heavy atom. The fourth-order valence-electron chi connectivity index (χ4n) is 5.16. The highest BCUT2D eigenvalue weighted by molar-refractivity contribution is 14.1. The Balaban J connectivity index is 1.34. The number of halogens is 1. The minimum absolute atomic E-state index is 0.0984. The van der Waals surface area contributed by atoms with Crippen LogP contribution in [0.25, 0.3) is 22.3 Å². The van der Waals surface area contributed by atoms with Gasteiger partial charge in [0.05, 0.1) is 30.4 Å². The van der Waals surface area contributed by atoms with Gasteiger partial charge >= 0.3 is 0 Å². The summed E-state index contributed by atoms with van der Waals surface area (Å²) in [5, 5.41) is 25.0. The maximum atomic E-state index is 9.67. The summed E-state index contributed by atoms with van der Waals surface area (Å²) < 4.78 is 10.8. The Bertz CT molecular complexity index is 1580. The molecule has 1 fully saturated rings. The van der Waals surface area contributed by atoms with Crippen molar-refractivity contribution in [2.75, 3.05) is 24.6 Å². The van der Waals surface area contributed by atoms with E-state index in [0.29, 0.717) is 31.1 Å². The number of aromatic nitrogens is 6. The average Bonchev–Trinajstić information content (AvgIpc) is 3.69. The van der Waals surface area contributed by atoms with Gasteiger partial charge in [-0.2, -0.15) is 15.6 Å². The SMILES string of the molecule is C[Si](C)(C)CCOCn1ccc2c(-c3cnn([C@@H](CC#N)C4CCN(c5nccc(I)c5C#N)C4)c3)ncnc21. The summed E-state index contributed by atoms with van der Waals surface area (Å²) in [4.78, 5) is 15.8. The van der Waals surface area contributed by atoms with Crippen molar-refractivity contribution >= 4 is 47.5 Å². The first kappa shape index (κ1) is 28.2. The van der Waals surface area contributed by atoms with Gasteiger partial charge in [0.25, 0.3) is 0 Å². The third-order valence-corrected chi connectivity index (χ3v) is 9.96. The van der Waals surface area contributed by atoms with Crippen molar-refractivity contribution in [3.63, 3.8) is 0 Å². The van der Waals surface area contributed by atoms with Crippen LogP contribution in [-0.2, 0) is 11.5 Å². The molecule has 206 valence electrons. The molecule has 4 aromatic heterocycles. The van der Waals surface area contributed by atoms with Crippen LogP contribution in [0, 0.1) is 32.2 Å². The molecule has 40 heavy (non-hydrogen) atoms. The van der Waals surface area contributed by atoms with E-state index >= 15 is 0 Å². The van der Waals surface area contributed by atoms with E-state index in [9.17, 15) is 10.5 Å². The zero-order valence-electron chi connectivity index (χ0n) is 23.0. The van der Waals surface area contributed by atoms with Crippen LogP contribution in [0.15, 0.2) is 43.2 Å². The lowest BCUT2D eigenvalue weighted by molar-refractivity contribution is 0.0899. The van der Waals surface area contributed by atoms with E-state index in [1.54, 1.807) is 12.5 Å². The summed E-state index contributed by atoms with van der Waals surface area (Å²) in [6.07, 6.45) is 10.3. The average molecular weight is 666 g/mol. The van der Waals surface area contributed by atoms with Gasteiger partial charge in [0.1, 0.15) is 36.2 Å². The molecule has 0 aliphatic carbocycles. The van der Waals surface area contributed by atoms with Crippen molar-refractivity contribution in [1.29, 1.82) is 10.5 Å². The minimum atomic E-state index is -1.15. The highest BCUT2D eigenvalue weighted by atomic mass is 127. The fourth-order valence-corrected chi connectivity index (χ4v) is 6.43. The van der Waals surface area contributed by atoms with Gasteiger partial charge in [-0.25, -0.2) is 15.0 Å². The molecule has 0 spiro atoms. The molecular formula is C28H32IN9OSi. The normalized spacial score (nSPS) is 16.2. The monoisotopic (exact) mass is 665 g/mol. The largest absolute Gasteiger partial charge is 0.361 e. The van der Waals surface area contributed by atoms with Crippen LogP contribution in [-0.4, -0.2) is 57.1 Å². The summed E-state index contributed by atoms with van der Waals surface area (Å²) in [6.45, 7) is 9.72. The van der Waals surface area contributed by atoms with E-state index in [4.69, 9.17) is 4.74 Å². The third-order valence-electron chi connectivity index (χ3n) is 7.36. The van der Waals surface area contributed by atoms with Crippen molar-refractivity contribution in [2.45, 2.75) is 51.3 Å². The number of ether oxygens (including phenoxy) is 1. The molecule has 1 aliphatic rings. The standard InChI is InChI=1S/C28H32IN9OSi/c1-40(2,3)13-12-39-19-37-11-7-22-26(33-18-34-27(22)37)21-15-35-38(17-21)25(4-8-30)20-6-10-36(16-20)28-23(14-31)24(29)5-9-32-28/h5,7,9,11,15,17-18,20,25H,4,6,10,12-13,16,19H2,1-3H3/t20?,25-/m0/s1. The summed E-state index contributed by atoms with van der Waals surface area (Å²) in [7, 11) is -1.15. The number of hydrogen-bond donors (Lipinski definition) is 0. The van der Waals surface area contributed by atoms with Gasteiger partial charge < -0.3 is 14.2 Å². The molecule has 0 bridgehead atoms. The lowest BCUT2D eigenvalue weighted by Gasteiger charge is -2.23. The molecule has 5 heterocycles. The van der Waals surface area contributed by atoms with E-state index in [1.165, 1.54) is 0 Å². The van der Waals surface area contributed by atoms with E-state index in [0.717, 1.165) is 51.5 Å². The Morgan fingerprint density at radius 1 is 1.20 bits per heavy atom. The molecule has 2 atom stereocenters. The molecule has 4 aromatic rings. The summed E-state index contributed by atoms with van der Waals surface area (Å²) >= 11 is 2.18. The number of hydrogen-bond acceptors (Lipinski definition) is 8. The van der Waals surface area contributed by atoms with Crippen molar-refractivity contribution < 1.29 is 4.74 Å². The highest BCUT2D eigenvalue weighted by Gasteiger charge is 2.33. The van der Waals surface area contributed by atoms with Gasteiger partial charge in [-0.15, -0.1) is 0 Å². The number of nitriles is 2. The van der Waals surface area contributed by atoms with E-state index in [1.807, 2.05) is 40.0 Å². The van der Waals surface area contributed by atoms with Crippen LogP contribution in [0.3, 0.4) is 0 Å². The predicted molar refractivity (Wildman–Crippen MR) is 164 cm³/mol. The predicted octanol–water partition coefficient (Wildman–Crippen LogP) is 5.46. The molecule has 5 rings (SSSR count). The van der Waals surface area contributed by atoms with Gasteiger partial charge in [-0.3, -0.25) is 4.68 Å². The Morgan fingerprint density at radius 2 is 2.05 bits per heavy atom. The topological polar surface area (TPSA) is 121 Å². The molecule has 10 nitrogen and oxygen atoms in total. The first-order valence-electron chi connectivity index (χ1n) is 13.4. The van der Waals surface area contributed by atoms with Crippen molar-refractivity contribution in [1.82, 2.24) is 29.3 Å². The molecule has 12 heteroatoms. The zero-order chi connectivity index (χ0) is 28.3. The lowest BCUT2D eigenvalue weighted by atomic mass is 9.96. The maximum Gasteiger partial charge on any atom is 0.147 e. The first-order chi connectivity index (χ1) is 19.3. The van der Waals surface area contributed by atoms with E-state index in [2.05, 4.69) is 79.3 Å². The summed E-state index contributed by atoms with van der Waals surface area (Å²) in [5.74, 6) is 0.907. The fraction of sp³-hybridized carbons (Fsp3) is 0.429. The number of rotatable bonds is 10. The Hall–Kier alpha value is -3.33. The molecule has 1 aliphatic heterocycles. The van der Waals surface area contributed by atoms with Crippen LogP contribution in [0.2, 0.25) is 25.7 Å². The number of nitrogens with zero attached hydrogens (tertiary/aromatic N) is 9. The molecule has 0 amide bonds. The Labute approximate surface area is 248 Å². The van der Waals surface area contributed by atoms with E-state index < -0.39 is 8.07 Å². The zero-order valence-corrected chi connectivity index (χ0v) is 26.1. The summed E-state index contributed by atoms with van der Waals surface area (Å²) in [5.41, 5.74) is 3.11. The van der Waals surface area contributed by atoms with Crippen LogP contribution in [0.5, 0.6) is 0 Å². The first-order valence-corrected chi connectivity index (χ1v) is 18.2. The van der Waals surface area contributed by atoms with Gasteiger partial charge in [-0.1, -0.05) is 19.6 Å². The Kier molecular flexibility index (Phi) is 8.49. The van der Waals surface area contributed by atoms with Gasteiger partial charge in [0, 0.05) is 66.8 Å². The number of fused-ring (bicyclic) bond motifs is 1. The third kappa shape index (κ3) is 6.04. The van der Waals surface area contributed by atoms with Crippen molar-refractivity contribution in [2.24, 2.45) is 5.92 Å². The smallest absolute Gasteiger partial charge is 0.147 e. The van der Waals surface area contributed by atoms with Gasteiger partial charge in [-0.05, 0) is 47.2 Å². The van der Waals surface area contributed by atoms with Gasteiger partial charge in [0.2, 0.25) is 0 Å². The van der Waals surface area contributed by atoms with E-state index in [-0.39, 0.29) is 12.0 Å².